The number of aryl methyl sites for hydroxylation is 2. The number of hydrogen-bond acceptors (Lipinski definition) is 2. The van der Waals surface area contributed by atoms with Crippen molar-refractivity contribution in [3.63, 3.8) is 0 Å². The van der Waals surface area contributed by atoms with E-state index in [1.54, 1.807) is 0 Å². The molecule has 0 atom stereocenters. The predicted octanol–water partition coefficient (Wildman–Crippen LogP) is 3.09. The third kappa shape index (κ3) is 2.56. The van der Waals surface area contributed by atoms with Gasteiger partial charge >= 0.3 is 0 Å². The SMILES string of the molecule is CNCC1(c2c(C)cc(C(C)(C)C)cc2C)COC1. The summed E-state index contributed by atoms with van der Waals surface area (Å²) in [5, 5.41) is 3.33. The average Bonchev–Trinajstić information content (AvgIpc) is 2.23. The molecular formula is C17H27NO. The first kappa shape index (κ1) is 14.5. The molecule has 2 heteroatoms. The van der Waals surface area contributed by atoms with Crippen molar-refractivity contribution in [2.45, 2.75) is 45.4 Å². The predicted molar refractivity (Wildman–Crippen MR) is 81.0 cm³/mol. The fourth-order valence-electron chi connectivity index (χ4n) is 3.25. The van der Waals surface area contributed by atoms with Crippen LogP contribution in [0.15, 0.2) is 12.1 Å². The first-order valence-electron chi connectivity index (χ1n) is 7.15. The molecule has 0 amide bonds. The van der Waals surface area contributed by atoms with Gasteiger partial charge < -0.3 is 10.1 Å². The van der Waals surface area contributed by atoms with Crippen LogP contribution in [0.25, 0.3) is 0 Å². The van der Waals surface area contributed by atoms with Gasteiger partial charge in [0.25, 0.3) is 0 Å². The summed E-state index contributed by atoms with van der Waals surface area (Å²) in [5.74, 6) is 0. The molecule has 1 fully saturated rings. The Morgan fingerprint density at radius 1 is 1.16 bits per heavy atom. The van der Waals surface area contributed by atoms with Gasteiger partial charge in [-0.2, -0.15) is 0 Å². The second-order valence-corrected chi connectivity index (χ2v) is 7.04. The second-order valence-electron chi connectivity index (χ2n) is 7.04. The summed E-state index contributed by atoms with van der Waals surface area (Å²) >= 11 is 0. The molecule has 19 heavy (non-hydrogen) atoms. The van der Waals surface area contributed by atoms with E-state index in [0.29, 0.717) is 0 Å². The smallest absolute Gasteiger partial charge is 0.0598 e. The monoisotopic (exact) mass is 261 g/mol. The van der Waals surface area contributed by atoms with Gasteiger partial charge in [-0.1, -0.05) is 32.9 Å². The van der Waals surface area contributed by atoms with Gasteiger partial charge in [-0.15, -0.1) is 0 Å². The van der Waals surface area contributed by atoms with Gasteiger partial charge in [-0.3, -0.25) is 0 Å². The number of likely N-dealkylation sites (N-methyl/N-ethyl adjacent to an activating group) is 1. The van der Waals surface area contributed by atoms with Crippen LogP contribution in [-0.4, -0.2) is 26.8 Å². The summed E-state index contributed by atoms with van der Waals surface area (Å²) in [6.07, 6.45) is 0. The van der Waals surface area contributed by atoms with Crippen LogP contribution in [0.1, 0.15) is 43.0 Å². The van der Waals surface area contributed by atoms with Crippen LogP contribution in [0.2, 0.25) is 0 Å². The van der Waals surface area contributed by atoms with Crippen molar-refractivity contribution in [2.75, 3.05) is 26.8 Å². The Kier molecular flexibility index (Phi) is 3.76. The number of nitrogens with one attached hydrogen (secondary N) is 1. The molecule has 0 saturated carbocycles. The maximum atomic E-state index is 5.51. The Morgan fingerprint density at radius 3 is 2.00 bits per heavy atom. The Labute approximate surface area is 117 Å². The summed E-state index contributed by atoms with van der Waals surface area (Å²) in [4.78, 5) is 0. The van der Waals surface area contributed by atoms with E-state index in [-0.39, 0.29) is 10.8 Å². The van der Waals surface area contributed by atoms with E-state index in [1.165, 1.54) is 22.3 Å². The highest BCUT2D eigenvalue weighted by Crippen LogP contribution is 2.38. The Balaban J connectivity index is 2.48. The maximum absolute atomic E-state index is 5.51. The minimum Gasteiger partial charge on any atom is -0.379 e. The fraction of sp³-hybridized carbons (Fsp3) is 0.647. The van der Waals surface area contributed by atoms with E-state index in [2.05, 4.69) is 52.1 Å². The molecule has 1 heterocycles. The van der Waals surface area contributed by atoms with E-state index in [9.17, 15) is 0 Å². The highest BCUT2D eigenvalue weighted by molar-refractivity contribution is 5.46. The molecule has 1 N–H and O–H groups in total. The summed E-state index contributed by atoms with van der Waals surface area (Å²) in [6.45, 7) is 14.0. The third-order valence-electron chi connectivity index (χ3n) is 4.20. The maximum Gasteiger partial charge on any atom is 0.0598 e. The first-order chi connectivity index (χ1) is 8.80. The van der Waals surface area contributed by atoms with Crippen molar-refractivity contribution in [1.82, 2.24) is 5.32 Å². The Bertz CT molecular complexity index is 444. The number of benzene rings is 1. The molecule has 0 bridgehead atoms. The minimum atomic E-state index is 0.180. The number of rotatable bonds is 3. The second kappa shape index (κ2) is 4.92. The van der Waals surface area contributed by atoms with E-state index in [4.69, 9.17) is 4.74 Å². The zero-order valence-corrected chi connectivity index (χ0v) is 13.2. The van der Waals surface area contributed by atoms with Crippen molar-refractivity contribution in [3.8, 4) is 0 Å². The zero-order valence-electron chi connectivity index (χ0n) is 13.2. The molecule has 1 aliphatic rings. The Morgan fingerprint density at radius 2 is 1.68 bits per heavy atom. The molecule has 0 spiro atoms. The van der Waals surface area contributed by atoms with Crippen molar-refractivity contribution >= 4 is 0 Å². The first-order valence-corrected chi connectivity index (χ1v) is 7.15. The molecule has 2 nitrogen and oxygen atoms in total. The molecule has 1 aromatic rings. The molecular weight excluding hydrogens is 234 g/mol. The Hall–Kier alpha value is -0.860. The molecule has 1 aliphatic heterocycles. The highest BCUT2D eigenvalue weighted by Gasteiger charge is 2.41. The number of ether oxygens (including phenoxy) is 1. The van der Waals surface area contributed by atoms with Crippen molar-refractivity contribution in [2.24, 2.45) is 0 Å². The molecule has 0 unspecified atom stereocenters. The standard InChI is InChI=1S/C17H27NO/c1-12-7-14(16(3,4)5)8-13(2)15(12)17(9-18-6)10-19-11-17/h7-8,18H,9-11H2,1-6H3. The van der Waals surface area contributed by atoms with Crippen LogP contribution >= 0.6 is 0 Å². The van der Waals surface area contributed by atoms with Gasteiger partial charge in [0, 0.05) is 6.54 Å². The summed E-state index contributed by atoms with van der Waals surface area (Å²) in [5.41, 5.74) is 6.11. The van der Waals surface area contributed by atoms with Crippen LogP contribution < -0.4 is 5.32 Å². The topological polar surface area (TPSA) is 21.3 Å². The highest BCUT2D eigenvalue weighted by atomic mass is 16.5. The van der Waals surface area contributed by atoms with Gasteiger partial charge in [0.2, 0.25) is 0 Å². The molecule has 0 radical (unpaired) electrons. The summed E-state index contributed by atoms with van der Waals surface area (Å²) < 4.78 is 5.51. The number of hydrogen-bond donors (Lipinski definition) is 1. The van der Waals surface area contributed by atoms with Crippen molar-refractivity contribution < 1.29 is 4.74 Å². The molecule has 0 aliphatic carbocycles. The lowest BCUT2D eigenvalue weighted by atomic mass is 9.72. The minimum absolute atomic E-state index is 0.180. The van der Waals surface area contributed by atoms with Crippen LogP contribution in [-0.2, 0) is 15.6 Å². The van der Waals surface area contributed by atoms with E-state index in [1.807, 2.05) is 7.05 Å². The summed E-state index contributed by atoms with van der Waals surface area (Å²) in [6, 6.07) is 4.72. The summed E-state index contributed by atoms with van der Waals surface area (Å²) in [7, 11) is 2.02. The lowest BCUT2D eigenvalue weighted by Gasteiger charge is -2.44. The van der Waals surface area contributed by atoms with Crippen LogP contribution in [0, 0.1) is 13.8 Å². The van der Waals surface area contributed by atoms with Gasteiger partial charge in [-0.05, 0) is 48.6 Å². The molecule has 106 valence electrons. The van der Waals surface area contributed by atoms with Crippen LogP contribution in [0.4, 0.5) is 0 Å². The lowest BCUT2D eigenvalue weighted by Crippen LogP contribution is -2.53. The van der Waals surface area contributed by atoms with E-state index < -0.39 is 0 Å². The quantitative estimate of drug-likeness (QED) is 0.903. The largest absolute Gasteiger partial charge is 0.379 e. The lowest BCUT2D eigenvalue weighted by molar-refractivity contribution is -0.0588. The normalized spacial score (nSPS) is 18.2. The van der Waals surface area contributed by atoms with Crippen LogP contribution in [0.5, 0.6) is 0 Å². The van der Waals surface area contributed by atoms with E-state index >= 15 is 0 Å². The van der Waals surface area contributed by atoms with Gasteiger partial charge in [-0.25, -0.2) is 0 Å². The van der Waals surface area contributed by atoms with Crippen molar-refractivity contribution in [1.29, 1.82) is 0 Å². The molecule has 1 saturated heterocycles. The van der Waals surface area contributed by atoms with Gasteiger partial charge in [0.1, 0.15) is 0 Å². The molecule has 2 rings (SSSR count). The third-order valence-corrected chi connectivity index (χ3v) is 4.20. The molecule has 0 aromatic heterocycles. The zero-order chi connectivity index (χ0) is 14.3. The average molecular weight is 261 g/mol. The van der Waals surface area contributed by atoms with Crippen molar-refractivity contribution in [3.05, 3.63) is 34.4 Å². The fourth-order valence-corrected chi connectivity index (χ4v) is 3.25. The van der Waals surface area contributed by atoms with Gasteiger partial charge in [0.15, 0.2) is 0 Å². The van der Waals surface area contributed by atoms with Crippen LogP contribution in [0.3, 0.4) is 0 Å². The molecule has 1 aromatic carbocycles. The van der Waals surface area contributed by atoms with E-state index in [0.717, 1.165) is 19.8 Å². The van der Waals surface area contributed by atoms with Gasteiger partial charge in [0.05, 0.1) is 18.6 Å².